The normalized spacial score (nSPS) is 16.1. The van der Waals surface area contributed by atoms with Crippen LogP contribution in [0.2, 0.25) is 0 Å². The number of benzene rings is 2. The third-order valence-corrected chi connectivity index (χ3v) is 6.46. The van der Waals surface area contributed by atoms with E-state index in [0.717, 1.165) is 35.5 Å². The average Bonchev–Trinajstić information content (AvgIpc) is 3.34. The highest BCUT2D eigenvalue weighted by Crippen LogP contribution is 2.34. The van der Waals surface area contributed by atoms with E-state index < -0.39 is 0 Å². The van der Waals surface area contributed by atoms with Gasteiger partial charge in [-0.05, 0) is 30.4 Å². The highest BCUT2D eigenvalue weighted by Gasteiger charge is 2.28. The van der Waals surface area contributed by atoms with Crippen molar-refractivity contribution in [3.05, 3.63) is 83.0 Å². The summed E-state index contributed by atoms with van der Waals surface area (Å²) in [7, 11) is 1.92. The zero-order valence-electron chi connectivity index (χ0n) is 15.7. The van der Waals surface area contributed by atoms with Crippen molar-refractivity contribution in [1.82, 2.24) is 14.3 Å². The fraction of sp³-hybridized carbons (Fsp3) is 0.217. The second-order valence-corrected chi connectivity index (χ2v) is 8.13. The van der Waals surface area contributed by atoms with Crippen molar-refractivity contribution in [3.8, 4) is 11.3 Å². The van der Waals surface area contributed by atoms with E-state index in [1.54, 1.807) is 0 Å². The van der Waals surface area contributed by atoms with Crippen molar-refractivity contribution < 1.29 is 4.79 Å². The van der Waals surface area contributed by atoms with E-state index in [1.807, 2.05) is 58.3 Å². The van der Waals surface area contributed by atoms with Crippen molar-refractivity contribution in [2.45, 2.75) is 25.3 Å². The van der Waals surface area contributed by atoms with Gasteiger partial charge in [-0.15, -0.1) is 11.3 Å². The number of nitrogens with zero attached hydrogens (tertiary/aromatic N) is 3. The molecule has 1 atom stereocenters. The number of aryl methyl sites for hydroxylation is 1. The summed E-state index contributed by atoms with van der Waals surface area (Å²) in [6.07, 6.45) is 5.18. The van der Waals surface area contributed by atoms with Crippen molar-refractivity contribution in [3.63, 3.8) is 0 Å². The smallest absolute Gasteiger partial charge is 0.272 e. The monoisotopic (exact) mass is 387 g/mol. The van der Waals surface area contributed by atoms with Crippen molar-refractivity contribution in [2.24, 2.45) is 0 Å². The lowest BCUT2D eigenvalue weighted by Gasteiger charge is -2.33. The van der Waals surface area contributed by atoms with Gasteiger partial charge in [-0.2, -0.15) is 0 Å². The van der Waals surface area contributed by atoms with Crippen LogP contribution in [-0.4, -0.2) is 27.2 Å². The van der Waals surface area contributed by atoms with Crippen LogP contribution in [0.5, 0.6) is 0 Å². The zero-order chi connectivity index (χ0) is 19.1. The Morgan fingerprint density at radius 3 is 2.79 bits per heavy atom. The van der Waals surface area contributed by atoms with Gasteiger partial charge < -0.3 is 4.90 Å². The van der Waals surface area contributed by atoms with E-state index in [9.17, 15) is 4.79 Å². The molecule has 0 N–H and O–H groups in total. The van der Waals surface area contributed by atoms with Crippen LogP contribution >= 0.6 is 11.3 Å². The van der Waals surface area contributed by atoms with Crippen LogP contribution in [0.3, 0.4) is 0 Å². The summed E-state index contributed by atoms with van der Waals surface area (Å²) in [4.78, 5) is 20.8. The first-order chi connectivity index (χ1) is 13.7. The number of hydrogen-bond donors (Lipinski definition) is 0. The molecule has 5 heteroatoms. The van der Waals surface area contributed by atoms with Gasteiger partial charge in [0, 0.05) is 24.2 Å². The predicted molar refractivity (Wildman–Crippen MR) is 113 cm³/mol. The Balaban J connectivity index is 1.49. The van der Waals surface area contributed by atoms with Gasteiger partial charge in [-0.25, -0.2) is 4.98 Å². The molecule has 2 heterocycles. The molecule has 0 radical (unpaired) electrons. The van der Waals surface area contributed by atoms with Crippen LogP contribution in [0, 0.1) is 0 Å². The maximum absolute atomic E-state index is 13.4. The largest absolute Gasteiger partial charge is 0.333 e. The fourth-order valence-electron chi connectivity index (χ4n) is 4.14. The summed E-state index contributed by atoms with van der Waals surface area (Å²) in [6, 6.07) is 18.7. The summed E-state index contributed by atoms with van der Waals surface area (Å²) in [5.74, 6) is 0.0463. The van der Waals surface area contributed by atoms with Crippen LogP contribution in [0.1, 0.15) is 40.5 Å². The molecule has 28 heavy (non-hydrogen) atoms. The Kier molecular flexibility index (Phi) is 4.24. The molecule has 0 saturated carbocycles. The number of fused-ring (bicyclic) bond motifs is 2. The number of carbonyl (C=O) groups excluding carboxylic acids is 1. The van der Waals surface area contributed by atoms with Crippen LogP contribution < -0.4 is 0 Å². The molecule has 0 fully saturated rings. The number of amides is 1. The molecule has 1 aliphatic rings. The van der Waals surface area contributed by atoms with Gasteiger partial charge >= 0.3 is 0 Å². The van der Waals surface area contributed by atoms with E-state index in [1.165, 1.54) is 22.5 Å². The lowest BCUT2D eigenvalue weighted by atomic mass is 9.87. The Hall–Kier alpha value is -2.92. The van der Waals surface area contributed by atoms with Crippen molar-refractivity contribution in [1.29, 1.82) is 0 Å². The molecule has 1 unspecified atom stereocenters. The summed E-state index contributed by atoms with van der Waals surface area (Å²) in [5, 5.41) is 1.92. The molecule has 0 saturated heterocycles. The highest BCUT2D eigenvalue weighted by molar-refractivity contribution is 7.15. The third kappa shape index (κ3) is 2.83. The molecule has 0 aliphatic heterocycles. The second-order valence-electron chi connectivity index (χ2n) is 7.29. The SMILES string of the molecule is CN(C(=O)c1csc2nc(-c3ccccc3)cn12)C1CCCc2ccccc21. The lowest BCUT2D eigenvalue weighted by Crippen LogP contribution is -2.33. The summed E-state index contributed by atoms with van der Waals surface area (Å²) in [6.45, 7) is 0. The van der Waals surface area contributed by atoms with E-state index in [0.29, 0.717) is 5.69 Å². The molecule has 0 bridgehead atoms. The van der Waals surface area contributed by atoms with Gasteiger partial charge in [-0.1, -0.05) is 54.6 Å². The molecule has 4 aromatic rings. The standard InChI is InChI=1S/C23H21N3OS/c1-25(20-13-7-11-16-8-5-6-12-18(16)20)22(27)21-15-28-23-24-19(14-26(21)23)17-9-3-2-4-10-17/h2-6,8-10,12,14-15,20H,7,11,13H2,1H3. The molecule has 1 aliphatic carbocycles. The fourth-order valence-corrected chi connectivity index (χ4v) is 4.99. The number of rotatable bonds is 3. The summed E-state index contributed by atoms with van der Waals surface area (Å²) in [5.41, 5.74) is 5.29. The Labute approximate surface area is 168 Å². The predicted octanol–water partition coefficient (Wildman–Crippen LogP) is 5.21. The van der Waals surface area contributed by atoms with Crippen molar-refractivity contribution in [2.75, 3.05) is 7.05 Å². The molecule has 0 spiro atoms. The topological polar surface area (TPSA) is 37.6 Å². The number of carbonyl (C=O) groups is 1. The Morgan fingerprint density at radius 1 is 1.14 bits per heavy atom. The number of aromatic nitrogens is 2. The molecule has 1 amide bonds. The van der Waals surface area contributed by atoms with E-state index in [-0.39, 0.29) is 11.9 Å². The first-order valence-corrected chi connectivity index (χ1v) is 10.5. The molecule has 4 nitrogen and oxygen atoms in total. The molecule has 140 valence electrons. The van der Waals surface area contributed by atoms with Gasteiger partial charge in [0.15, 0.2) is 4.96 Å². The van der Waals surface area contributed by atoms with E-state index >= 15 is 0 Å². The summed E-state index contributed by atoms with van der Waals surface area (Å²) < 4.78 is 1.93. The number of thiazole rings is 1. The average molecular weight is 388 g/mol. The molecular weight excluding hydrogens is 366 g/mol. The number of hydrogen-bond acceptors (Lipinski definition) is 3. The first kappa shape index (κ1) is 17.2. The van der Waals surface area contributed by atoms with Gasteiger partial charge in [0.05, 0.1) is 11.7 Å². The number of imidazole rings is 1. The highest BCUT2D eigenvalue weighted by atomic mass is 32.1. The minimum Gasteiger partial charge on any atom is -0.333 e. The van der Waals surface area contributed by atoms with Crippen LogP contribution in [0.15, 0.2) is 66.2 Å². The van der Waals surface area contributed by atoms with Crippen LogP contribution in [0.25, 0.3) is 16.2 Å². The second kappa shape index (κ2) is 6.91. The van der Waals surface area contributed by atoms with E-state index in [2.05, 4.69) is 24.3 Å². The third-order valence-electron chi connectivity index (χ3n) is 5.62. The minimum absolute atomic E-state index is 0.0463. The van der Waals surface area contributed by atoms with Crippen molar-refractivity contribution >= 4 is 22.2 Å². The Bertz CT molecular complexity index is 1150. The quantitative estimate of drug-likeness (QED) is 0.484. The maximum atomic E-state index is 13.4. The lowest BCUT2D eigenvalue weighted by molar-refractivity contribution is 0.0708. The maximum Gasteiger partial charge on any atom is 0.272 e. The van der Waals surface area contributed by atoms with Gasteiger partial charge in [-0.3, -0.25) is 9.20 Å². The van der Waals surface area contributed by atoms with Crippen LogP contribution in [-0.2, 0) is 6.42 Å². The van der Waals surface area contributed by atoms with Crippen LogP contribution in [0.4, 0.5) is 0 Å². The minimum atomic E-state index is 0.0463. The van der Waals surface area contributed by atoms with Gasteiger partial charge in [0.2, 0.25) is 0 Å². The van der Waals surface area contributed by atoms with E-state index in [4.69, 9.17) is 4.98 Å². The molecule has 2 aromatic heterocycles. The first-order valence-electron chi connectivity index (χ1n) is 9.59. The van der Waals surface area contributed by atoms with Gasteiger partial charge in [0.25, 0.3) is 5.91 Å². The molecule has 2 aromatic carbocycles. The summed E-state index contributed by atoms with van der Waals surface area (Å²) >= 11 is 1.51. The van der Waals surface area contributed by atoms with Gasteiger partial charge in [0.1, 0.15) is 5.69 Å². The molecule has 5 rings (SSSR count). The molecular formula is C23H21N3OS. The zero-order valence-corrected chi connectivity index (χ0v) is 16.5. The Morgan fingerprint density at radius 2 is 1.93 bits per heavy atom.